The van der Waals surface area contributed by atoms with Gasteiger partial charge in [-0.05, 0) is 44.3 Å². The quantitative estimate of drug-likeness (QED) is 0.801. The van der Waals surface area contributed by atoms with Crippen LogP contribution in [0.25, 0.3) is 0 Å². The second-order valence-corrected chi connectivity index (χ2v) is 6.24. The largest absolute Gasteiger partial charge is 0.493 e. The molecule has 0 aromatic heterocycles. The maximum absolute atomic E-state index is 12.4. The van der Waals surface area contributed by atoms with Gasteiger partial charge in [-0.15, -0.1) is 0 Å². The Bertz CT molecular complexity index is 687. The third-order valence-corrected chi connectivity index (χ3v) is 3.76. The van der Waals surface area contributed by atoms with E-state index >= 15 is 0 Å². The topological polar surface area (TPSA) is 50.8 Å². The number of nitrogens with zero attached hydrogens (tertiary/aromatic N) is 1. The first-order valence-electron chi connectivity index (χ1n) is 8.26. The highest BCUT2D eigenvalue weighted by atomic mass is 16.5. The number of hydrogen-bond donors (Lipinski definition) is 1. The van der Waals surface area contributed by atoms with Crippen molar-refractivity contribution in [2.75, 3.05) is 34.4 Å². The van der Waals surface area contributed by atoms with Crippen LogP contribution in [0.4, 0.5) is 0 Å². The number of nitrogens with one attached hydrogen (secondary N) is 1. The number of aryl methyl sites for hydroxylation is 1. The molecule has 0 aliphatic rings. The first-order chi connectivity index (χ1) is 12.0. The molecule has 0 fully saturated rings. The fourth-order valence-corrected chi connectivity index (χ4v) is 2.56. The lowest BCUT2D eigenvalue weighted by atomic mass is 10.1. The van der Waals surface area contributed by atoms with Gasteiger partial charge in [0.05, 0.1) is 13.2 Å². The maximum Gasteiger partial charge on any atom is 0.258 e. The van der Waals surface area contributed by atoms with E-state index in [4.69, 9.17) is 9.47 Å². The van der Waals surface area contributed by atoms with Crippen LogP contribution < -0.4 is 14.8 Å². The Morgan fingerprint density at radius 1 is 1.12 bits per heavy atom. The summed E-state index contributed by atoms with van der Waals surface area (Å²) < 4.78 is 10.9. The minimum Gasteiger partial charge on any atom is -0.493 e. The molecular weight excluding hydrogens is 316 g/mol. The van der Waals surface area contributed by atoms with E-state index in [0.717, 1.165) is 11.1 Å². The highest BCUT2D eigenvalue weighted by molar-refractivity contribution is 5.78. The standard InChI is InChI=1S/C20H26N2O3/c1-15-10-11-18(19(12-15)24-4)25-14-20(23)21-17(13-22(2)3)16-8-6-5-7-9-16/h5-12,17H,13-14H2,1-4H3,(H,21,23). The lowest BCUT2D eigenvalue weighted by molar-refractivity contribution is -0.124. The summed E-state index contributed by atoms with van der Waals surface area (Å²) in [5.74, 6) is 1.02. The second-order valence-electron chi connectivity index (χ2n) is 6.24. The Hall–Kier alpha value is -2.53. The molecule has 134 valence electrons. The predicted molar refractivity (Wildman–Crippen MR) is 99.1 cm³/mol. The minimum absolute atomic E-state index is 0.0593. The molecule has 5 nitrogen and oxygen atoms in total. The van der Waals surface area contributed by atoms with E-state index in [1.807, 2.05) is 74.4 Å². The summed E-state index contributed by atoms with van der Waals surface area (Å²) in [5.41, 5.74) is 2.14. The SMILES string of the molecule is COc1cc(C)ccc1OCC(=O)NC(CN(C)C)c1ccccc1. The van der Waals surface area contributed by atoms with Gasteiger partial charge in [-0.2, -0.15) is 0 Å². The molecule has 2 aromatic rings. The predicted octanol–water partition coefficient (Wildman–Crippen LogP) is 2.80. The van der Waals surface area contributed by atoms with Crippen molar-refractivity contribution in [3.8, 4) is 11.5 Å². The maximum atomic E-state index is 12.4. The molecule has 5 heteroatoms. The highest BCUT2D eigenvalue weighted by Crippen LogP contribution is 2.27. The summed E-state index contributed by atoms with van der Waals surface area (Å²) in [5, 5.41) is 3.04. The number of rotatable bonds is 8. The summed E-state index contributed by atoms with van der Waals surface area (Å²) in [4.78, 5) is 14.4. The molecule has 0 aliphatic heterocycles. The summed E-state index contributed by atoms with van der Waals surface area (Å²) in [6, 6.07) is 15.5. The number of amides is 1. The van der Waals surface area contributed by atoms with E-state index in [1.165, 1.54) is 0 Å². The van der Waals surface area contributed by atoms with Crippen molar-refractivity contribution in [3.05, 3.63) is 59.7 Å². The van der Waals surface area contributed by atoms with Crippen molar-refractivity contribution in [3.63, 3.8) is 0 Å². The smallest absolute Gasteiger partial charge is 0.258 e. The van der Waals surface area contributed by atoms with Crippen molar-refractivity contribution in [2.45, 2.75) is 13.0 Å². The van der Waals surface area contributed by atoms with Gasteiger partial charge < -0.3 is 19.7 Å². The van der Waals surface area contributed by atoms with E-state index in [2.05, 4.69) is 5.32 Å². The van der Waals surface area contributed by atoms with Crippen LogP contribution in [0.5, 0.6) is 11.5 Å². The molecule has 2 rings (SSSR count). The first-order valence-corrected chi connectivity index (χ1v) is 8.26. The van der Waals surface area contributed by atoms with Crippen molar-refractivity contribution in [1.29, 1.82) is 0 Å². The number of methoxy groups -OCH3 is 1. The molecule has 0 aliphatic carbocycles. The average Bonchev–Trinajstić information content (AvgIpc) is 2.60. The van der Waals surface area contributed by atoms with Gasteiger partial charge in [-0.25, -0.2) is 0 Å². The van der Waals surface area contributed by atoms with E-state index in [0.29, 0.717) is 18.0 Å². The first kappa shape index (κ1) is 18.8. The number of benzene rings is 2. The third kappa shape index (κ3) is 5.80. The number of likely N-dealkylation sites (N-methyl/N-ethyl adjacent to an activating group) is 1. The monoisotopic (exact) mass is 342 g/mol. The Kier molecular flexibility index (Phi) is 6.83. The highest BCUT2D eigenvalue weighted by Gasteiger charge is 2.16. The molecule has 0 bridgehead atoms. The fourth-order valence-electron chi connectivity index (χ4n) is 2.56. The average molecular weight is 342 g/mol. The fraction of sp³-hybridized carbons (Fsp3) is 0.350. The molecular formula is C20H26N2O3. The van der Waals surface area contributed by atoms with Crippen LogP contribution in [0.2, 0.25) is 0 Å². The normalized spacial score (nSPS) is 11.9. The zero-order valence-electron chi connectivity index (χ0n) is 15.3. The Balaban J connectivity index is 1.99. The summed E-state index contributed by atoms with van der Waals surface area (Å²) >= 11 is 0. The van der Waals surface area contributed by atoms with Crippen LogP contribution in [0.1, 0.15) is 17.2 Å². The number of carbonyl (C=O) groups is 1. The molecule has 0 heterocycles. The molecule has 2 aromatic carbocycles. The molecule has 0 spiro atoms. The molecule has 0 saturated heterocycles. The van der Waals surface area contributed by atoms with Gasteiger partial charge >= 0.3 is 0 Å². The van der Waals surface area contributed by atoms with E-state index in [9.17, 15) is 4.79 Å². The van der Waals surface area contributed by atoms with Gasteiger partial charge in [0.25, 0.3) is 5.91 Å². The van der Waals surface area contributed by atoms with Crippen LogP contribution in [0.3, 0.4) is 0 Å². The van der Waals surface area contributed by atoms with Crippen LogP contribution in [0.15, 0.2) is 48.5 Å². The van der Waals surface area contributed by atoms with Crippen LogP contribution in [0, 0.1) is 6.92 Å². The number of hydrogen-bond acceptors (Lipinski definition) is 4. The molecule has 1 N–H and O–H groups in total. The lowest BCUT2D eigenvalue weighted by Crippen LogP contribution is -2.37. The van der Waals surface area contributed by atoms with Crippen LogP contribution in [-0.4, -0.2) is 45.2 Å². The summed E-state index contributed by atoms with van der Waals surface area (Å²) in [6.45, 7) is 2.63. The summed E-state index contributed by atoms with van der Waals surface area (Å²) in [7, 11) is 5.55. The molecule has 0 radical (unpaired) electrons. The van der Waals surface area contributed by atoms with Gasteiger partial charge in [-0.3, -0.25) is 4.79 Å². The van der Waals surface area contributed by atoms with E-state index in [1.54, 1.807) is 7.11 Å². The Labute approximate surface area is 149 Å². The molecule has 1 unspecified atom stereocenters. The lowest BCUT2D eigenvalue weighted by Gasteiger charge is -2.23. The van der Waals surface area contributed by atoms with Crippen molar-refractivity contribution >= 4 is 5.91 Å². The second kappa shape index (κ2) is 9.08. The number of ether oxygens (including phenoxy) is 2. The Morgan fingerprint density at radius 2 is 1.84 bits per heavy atom. The number of carbonyl (C=O) groups excluding carboxylic acids is 1. The van der Waals surface area contributed by atoms with Gasteiger partial charge in [0.2, 0.25) is 0 Å². The molecule has 1 atom stereocenters. The van der Waals surface area contributed by atoms with Gasteiger partial charge in [0, 0.05) is 6.54 Å². The molecule has 1 amide bonds. The van der Waals surface area contributed by atoms with Crippen molar-refractivity contribution in [2.24, 2.45) is 0 Å². The Morgan fingerprint density at radius 3 is 2.48 bits per heavy atom. The zero-order valence-corrected chi connectivity index (χ0v) is 15.3. The van der Waals surface area contributed by atoms with Gasteiger partial charge in [-0.1, -0.05) is 36.4 Å². The van der Waals surface area contributed by atoms with Gasteiger partial charge in [0.15, 0.2) is 18.1 Å². The molecule has 0 saturated carbocycles. The van der Waals surface area contributed by atoms with Crippen molar-refractivity contribution in [1.82, 2.24) is 10.2 Å². The minimum atomic E-state index is -0.168. The molecule has 25 heavy (non-hydrogen) atoms. The van der Waals surface area contributed by atoms with Gasteiger partial charge in [0.1, 0.15) is 0 Å². The van der Waals surface area contributed by atoms with Crippen LogP contribution in [-0.2, 0) is 4.79 Å². The third-order valence-electron chi connectivity index (χ3n) is 3.76. The zero-order chi connectivity index (χ0) is 18.2. The van der Waals surface area contributed by atoms with E-state index in [-0.39, 0.29) is 18.6 Å². The van der Waals surface area contributed by atoms with E-state index < -0.39 is 0 Å². The summed E-state index contributed by atoms with van der Waals surface area (Å²) in [6.07, 6.45) is 0. The van der Waals surface area contributed by atoms with Crippen LogP contribution >= 0.6 is 0 Å². The van der Waals surface area contributed by atoms with Crippen molar-refractivity contribution < 1.29 is 14.3 Å².